The summed E-state index contributed by atoms with van der Waals surface area (Å²) in [5.41, 5.74) is 9.75. The Hall–Kier alpha value is -5.54. The van der Waals surface area contributed by atoms with Gasteiger partial charge in [-0.2, -0.15) is 20.0 Å². The van der Waals surface area contributed by atoms with Gasteiger partial charge in [-0.3, -0.25) is 9.99 Å². The minimum atomic E-state index is -0.671. The number of hydrogen-bond acceptors (Lipinski definition) is 10. The van der Waals surface area contributed by atoms with Crippen LogP contribution in [0.5, 0.6) is 6.01 Å². The number of amidine groups is 1. The summed E-state index contributed by atoms with van der Waals surface area (Å²) in [7, 11) is 0. The minimum Gasteiger partial charge on any atom is -0.465 e. The molecule has 5 rings (SSSR count). The number of esters is 1. The lowest BCUT2D eigenvalue weighted by molar-refractivity contribution is -0.793. The molecular weight excluding hydrogens is 594 g/mol. The molecule has 1 aliphatic heterocycles. The molecule has 1 atom stereocenters. The SMILES string of the molecule is C=NN/C(=N\N)c1ccccc1-c1ccc(Cn2c(OCC)nc3cccc(C(=O)OCON[N+](=O)N4CCC[C@H]4CO)c32)cc1. The maximum Gasteiger partial charge on any atom is 0.342 e. The molecule has 0 amide bonds. The van der Waals surface area contributed by atoms with Crippen molar-refractivity contribution in [2.24, 2.45) is 16.0 Å². The van der Waals surface area contributed by atoms with Crippen LogP contribution in [-0.2, 0) is 16.1 Å². The number of nitrogens with one attached hydrogen (secondary N) is 2. The molecule has 240 valence electrons. The summed E-state index contributed by atoms with van der Waals surface area (Å²) < 4.78 is 13.0. The Bertz CT molecular complexity index is 1720. The number of nitrogens with zero attached hydrogens (tertiary/aromatic N) is 6. The Morgan fingerprint density at radius 2 is 1.93 bits per heavy atom. The van der Waals surface area contributed by atoms with Gasteiger partial charge < -0.3 is 20.4 Å². The highest BCUT2D eigenvalue weighted by molar-refractivity contribution is 6.04. The number of hydrazine groups is 2. The number of hydrazone groups is 2. The van der Waals surface area contributed by atoms with Gasteiger partial charge in [-0.25, -0.2) is 4.79 Å². The van der Waals surface area contributed by atoms with Crippen molar-refractivity contribution in [2.75, 3.05) is 26.6 Å². The van der Waals surface area contributed by atoms with Crippen LogP contribution in [0.1, 0.15) is 41.3 Å². The van der Waals surface area contributed by atoms with E-state index in [1.165, 1.54) is 5.01 Å². The van der Waals surface area contributed by atoms with E-state index in [4.69, 9.17) is 20.2 Å². The molecule has 0 saturated carbocycles. The van der Waals surface area contributed by atoms with Crippen LogP contribution in [0, 0.1) is 4.91 Å². The van der Waals surface area contributed by atoms with Crippen LogP contribution < -0.4 is 21.6 Å². The second-order valence-corrected chi connectivity index (χ2v) is 10.3. The van der Waals surface area contributed by atoms with E-state index in [9.17, 15) is 14.8 Å². The van der Waals surface area contributed by atoms with Gasteiger partial charge in [-0.15, -0.1) is 5.01 Å². The molecule has 15 heteroatoms. The van der Waals surface area contributed by atoms with Gasteiger partial charge in [-0.05, 0) is 48.6 Å². The second kappa shape index (κ2) is 15.0. The van der Waals surface area contributed by atoms with Gasteiger partial charge in [0, 0.05) is 17.9 Å². The number of rotatable bonds is 14. The molecule has 0 radical (unpaired) electrons. The first kappa shape index (κ1) is 31.9. The quantitative estimate of drug-likeness (QED) is 0.0235. The highest BCUT2D eigenvalue weighted by Gasteiger charge is 2.35. The smallest absolute Gasteiger partial charge is 0.342 e. The zero-order valence-electron chi connectivity index (χ0n) is 25.3. The summed E-state index contributed by atoms with van der Waals surface area (Å²) in [4.78, 5) is 35.6. The monoisotopic (exact) mass is 630 g/mol. The Kier molecular flexibility index (Phi) is 10.4. The van der Waals surface area contributed by atoms with Crippen LogP contribution in [0.25, 0.3) is 22.2 Å². The number of nitroso groups, excluding NO2 is 1. The lowest BCUT2D eigenvalue weighted by atomic mass is 9.98. The Balaban J connectivity index is 1.34. The number of benzene rings is 3. The zero-order chi connectivity index (χ0) is 32.5. The largest absolute Gasteiger partial charge is 0.465 e. The second-order valence-electron chi connectivity index (χ2n) is 10.3. The third-order valence-electron chi connectivity index (χ3n) is 7.51. The van der Waals surface area contributed by atoms with Gasteiger partial charge in [0.2, 0.25) is 6.79 Å². The average molecular weight is 631 g/mol. The number of fused-ring (bicyclic) bond motifs is 1. The molecule has 0 bridgehead atoms. The van der Waals surface area contributed by atoms with Crippen LogP contribution in [-0.4, -0.2) is 75.8 Å². The normalized spacial score (nSPS) is 14.7. The van der Waals surface area contributed by atoms with Crippen LogP contribution in [0.4, 0.5) is 0 Å². The molecular formula is C31H36N9O6+. The predicted molar refractivity (Wildman–Crippen MR) is 170 cm³/mol. The molecule has 0 aliphatic carbocycles. The molecule has 1 fully saturated rings. The molecule has 5 N–H and O–H groups in total. The highest BCUT2D eigenvalue weighted by Crippen LogP contribution is 2.29. The lowest BCUT2D eigenvalue weighted by Gasteiger charge is -2.14. The van der Waals surface area contributed by atoms with E-state index in [1.807, 2.05) is 60.0 Å². The van der Waals surface area contributed by atoms with Crippen LogP contribution >= 0.6 is 0 Å². The zero-order valence-corrected chi connectivity index (χ0v) is 25.3. The molecule has 1 aromatic heterocycles. The molecule has 0 unspecified atom stereocenters. The van der Waals surface area contributed by atoms with Gasteiger partial charge in [0.25, 0.3) is 11.0 Å². The first-order valence-corrected chi connectivity index (χ1v) is 14.7. The summed E-state index contributed by atoms with van der Waals surface area (Å²) >= 11 is 0. The number of aromatic nitrogens is 2. The molecule has 0 spiro atoms. The summed E-state index contributed by atoms with van der Waals surface area (Å²) in [5, 5.41) is 18.3. The molecule has 46 heavy (non-hydrogen) atoms. The number of para-hydroxylation sites is 1. The molecule has 2 heterocycles. The Morgan fingerprint density at radius 3 is 2.67 bits per heavy atom. The van der Waals surface area contributed by atoms with Crippen molar-refractivity contribution in [3.05, 3.63) is 88.3 Å². The maximum atomic E-state index is 13.2. The van der Waals surface area contributed by atoms with Crippen LogP contribution in [0.3, 0.4) is 0 Å². The van der Waals surface area contributed by atoms with Gasteiger partial charge in [0.15, 0.2) is 5.84 Å². The maximum absolute atomic E-state index is 13.2. The highest BCUT2D eigenvalue weighted by atomic mass is 16.8. The van der Waals surface area contributed by atoms with E-state index >= 15 is 0 Å². The van der Waals surface area contributed by atoms with Crippen molar-refractivity contribution < 1.29 is 29.2 Å². The molecule has 15 nitrogen and oxygen atoms in total. The average Bonchev–Trinajstić information content (AvgIpc) is 3.71. The van der Waals surface area contributed by atoms with E-state index in [-0.39, 0.29) is 18.2 Å². The third-order valence-corrected chi connectivity index (χ3v) is 7.51. The number of carbonyl (C=O) groups excluding carboxylic acids is 1. The number of imidazole rings is 1. The number of aliphatic hydroxyl groups is 1. The van der Waals surface area contributed by atoms with Gasteiger partial charge in [0.05, 0.1) is 47.8 Å². The van der Waals surface area contributed by atoms with Crippen molar-refractivity contribution in [3.63, 3.8) is 0 Å². The van der Waals surface area contributed by atoms with Crippen molar-refractivity contribution in [1.29, 1.82) is 0 Å². The number of ether oxygens (including phenoxy) is 2. The Labute approximate surface area is 264 Å². The first-order valence-electron chi connectivity index (χ1n) is 14.7. The van der Waals surface area contributed by atoms with Gasteiger partial charge in [0.1, 0.15) is 6.04 Å². The molecule has 4 aromatic rings. The third kappa shape index (κ3) is 6.90. The fourth-order valence-electron chi connectivity index (χ4n) is 5.40. The van der Waals surface area contributed by atoms with E-state index in [2.05, 4.69) is 32.9 Å². The summed E-state index contributed by atoms with van der Waals surface area (Å²) in [6, 6.07) is 20.7. The number of carbonyl (C=O) groups is 1. The number of nitrogens with two attached hydrogens (primary N) is 1. The predicted octanol–water partition coefficient (Wildman–Crippen LogP) is 2.68. The fourth-order valence-corrected chi connectivity index (χ4v) is 5.40. The minimum absolute atomic E-state index is 0.147. The molecule has 1 aliphatic rings. The van der Waals surface area contributed by atoms with Crippen molar-refractivity contribution >= 4 is 29.6 Å². The summed E-state index contributed by atoms with van der Waals surface area (Å²) in [5.74, 6) is 5.30. The number of aliphatic hydroxyl groups excluding tert-OH is 1. The summed E-state index contributed by atoms with van der Waals surface area (Å²) in [6.45, 7) is 5.82. The van der Waals surface area contributed by atoms with E-state index in [1.54, 1.807) is 18.2 Å². The first-order chi connectivity index (χ1) is 22.5. The van der Waals surface area contributed by atoms with E-state index < -0.39 is 12.8 Å². The van der Waals surface area contributed by atoms with Crippen molar-refractivity contribution in [2.45, 2.75) is 32.4 Å². The number of hydrogen-bond donors (Lipinski definition) is 4. The van der Waals surface area contributed by atoms with Gasteiger partial charge >= 0.3 is 5.97 Å². The van der Waals surface area contributed by atoms with Crippen molar-refractivity contribution in [3.8, 4) is 17.1 Å². The van der Waals surface area contributed by atoms with Crippen molar-refractivity contribution in [1.82, 2.24) is 25.6 Å². The molecule has 3 aromatic carbocycles. The standard InChI is InChI=1S/C31H36N9O6/c1-3-44-31-34-27-12-6-11-26(30(42)45-20-46-37-40(43)39-17-7-8-23(39)19-41)28(27)38(31)18-21-13-15-22(16-14-21)24-9-4-5-10-25(24)29(35-32)36-33-2/h4-6,9-16,23,41H,2-3,7-8,17-20,32H2,1H3,(H,35,36)(H,37,43)/q+1/t23-/m0/s1. The summed E-state index contributed by atoms with van der Waals surface area (Å²) in [6.07, 6.45) is 1.47. The topological polar surface area (TPSA) is 181 Å². The fraction of sp³-hybridized carbons (Fsp3) is 0.290. The molecule has 1 saturated heterocycles. The van der Waals surface area contributed by atoms with Crippen LogP contribution in [0.2, 0.25) is 0 Å². The lowest BCUT2D eigenvalue weighted by Crippen LogP contribution is -2.46. The van der Waals surface area contributed by atoms with Gasteiger partial charge in [-0.1, -0.05) is 54.6 Å². The van der Waals surface area contributed by atoms with E-state index in [0.29, 0.717) is 54.0 Å². The van der Waals surface area contributed by atoms with Crippen LogP contribution in [0.15, 0.2) is 76.9 Å². The Morgan fingerprint density at radius 1 is 1.15 bits per heavy atom. The van der Waals surface area contributed by atoms with E-state index in [0.717, 1.165) is 28.7 Å².